The first-order chi connectivity index (χ1) is 14.3. The summed E-state index contributed by atoms with van der Waals surface area (Å²) in [5, 5.41) is 7.09. The molecule has 6 nitrogen and oxygen atoms in total. The average molecular weight is 411 g/mol. The number of rotatable bonds is 7. The molecule has 1 amide bonds. The van der Waals surface area contributed by atoms with Gasteiger partial charge in [-0.1, -0.05) is 36.2 Å². The number of benzene rings is 1. The molecule has 152 valence electrons. The van der Waals surface area contributed by atoms with Gasteiger partial charge in [0.2, 0.25) is 5.82 Å². The van der Waals surface area contributed by atoms with Crippen LogP contribution in [-0.2, 0) is 0 Å². The molecule has 2 aromatic heterocycles. The average Bonchev–Trinajstić information content (AvgIpc) is 3.37. The number of nitrogens with one attached hydrogen (secondary N) is 1. The molecule has 0 aliphatic carbocycles. The van der Waals surface area contributed by atoms with Crippen LogP contribution in [-0.4, -0.2) is 47.1 Å². The van der Waals surface area contributed by atoms with Crippen LogP contribution in [0, 0.1) is 0 Å². The van der Waals surface area contributed by atoms with Gasteiger partial charge in [0.05, 0.1) is 9.75 Å². The van der Waals surface area contributed by atoms with Crippen LogP contribution in [0.2, 0.25) is 0 Å². The first-order valence-electron chi connectivity index (χ1n) is 10.3. The van der Waals surface area contributed by atoms with Gasteiger partial charge in [-0.05, 0) is 63.2 Å². The van der Waals surface area contributed by atoms with E-state index in [1.807, 2.05) is 42.5 Å². The topological polar surface area (TPSA) is 71.3 Å². The summed E-state index contributed by atoms with van der Waals surface area (Å²) in [5.74, 6) is 0.950. The minimum atomic E-state index is -0.0381. The zero-order valence-electron chi connectivity index (χ0n) is 16.5. The van der Waals surface area contributed by atoms with Crippen LogP contribution < -0.4 is 5.32 Å². The van der Waals surface area contributed by atoms with E-state index in [-0.39, 0.29) is 5.91 Å². The highest BCUT2D eigenvalue weighted by Gasteiger charge is 2.15. The van der Waals surface area contributed by atoms with Gasteiger partial charge in [-0.15, -0.1) is 11.3 Å². The Balaban J connectivity index is 1.28. The van der Waals surface area contributed by atoms with Crippen LogP contribution in [0.4, 0.5) is 0 Å². The Hall–Kier alpha value is -2.51. The normalized spacial score (nSPS) is 15.2. The standard InChI is InChI=1S/C22H26N4O2S/c27-21(23-13-8-16-26-14-6-1-2-7-15-26)19-12-11-18(29-19)20-24-22(28-25-20)17-9-4-3-5-10-17/h3-5,9-12H,1-2,6-8,13-16H2,(H,23,27). The molecular weight excluding hydrogens is 384 g/mol. The van der Waals surface area contributed by atoms with Crippen molar-refractivity contribution in [3.63, 3.8) is 0 Å². The van der Waals surface area contributed by atoms with Crippen molar-refractivity contribution in [3.8, 4) is 22.2 Å². The molecule has 0 saturated carbocycles. The van der Waals surface area contributed by atoms with E-state index in [2.05, 4.69) is 20.4 Å². The van der Waals surface area contributed by atoms with Gasteiger partial charge in [0.1, 0.15) is 0 Å². The van der Waals surface area contributed by atoms with Crippen molar-refractivity contribution in [1.29, 1.82) is 0 Å². The predicted octanol–water partition coefficient (Wildman–Crippen LogP) is 4.46. The molecule has 3 heterocycles. The van der Waals surface area contributed by atoms with Crippen LogP contribution in [0.5, 0.6) is 0 Å². The predicted molar refractivity (Wildman–Crippen MR) is 115 cm³/mol. The number of amides is 1. The van der Waals surface area contributed by atoms with E-state index in [4.69, 9.17) is 4.52 Å². The van der Waals surface area contributed by atoms with E-state index in [9.17, 15) is 4.79 Å². The van der Waals surface area contributed by atoms with Crippen LogP contribution in [0.25, 0.3) is 22.2 Å². The first-order valence-corrected chi connectivity index (χ1v) is 11.1. The summed E-state index contributed by atoms with van der Waals surface area (Å²) in [4.78, 5) is 20.9. The molecule has 3 aromatic rings. The van der Waals surface area contributed by atoms with Gasteiger partial charge in [-0.25, -0.2) is 0 Å². The molecule has 1 aromatic carbocycles. The van der Waals surface area contributed by atoms with E-state index >= 15 is 0 Å². The molecule has 0 bridgehead atoms. The number of likely N-dealkylation sites (tertiary alicyclic amines) is 1. The van der Waals surface area contributed by atoms with Crippen LogP contribution in [0.3, 0.4) is 0 Å². The summed E-state index contributed by atoms with van der Waals surface area (Å²) < 4.78 is 5.36. The lowest BCUT2D eigenvalue weighted by Crippen LogP contribution is -2.30. The number of hydrogen-bond acceptors (Lipinski definition) is 6. The molecule has 4 rings (SSSR count). The van der Waals surface area contributed by atoms with Crippen LogP contribution in [0.1, 0.15) is 41.8 Å². The van der Waals surface area contributed by atoms with Crippen molar-refractivity contribution < 1.29 is 9.32 Å². The second-order valence-corrected chi connectivity index (χ2v) is 8.40. The molecule has 1 saturated heterocycles. The van der Waals surface area contributed by atoms with Gasteiger partial charge < -0.3 is 14.7 Å². The maximum absolute atomic E-state index is 12.4. The van der Waals surface area contributed by atoms with Gasteiger partial charge in [-0.3, -0.25) is 4.79 Å². The van der Waals surface area contributed by atoms with Crippen LogP contribution in [0.15, 0.2) is 47.0 Å². The molecule has 29 heavy (non-hydrogen) atoms. The number of thiophene rings is 1. The Morgan fingerprint density at radius 3 is 2.66 bits per heavy atom. The lowest BCUT2D eigenvalue weighted by atomic mass is 10.2. The summed E-state index contributed by atoms with van der Waals surface area (Å²) >= 11 is 1.38. The molecule has 0 atom stereocenters. The Kier molecular flexibility index (Phi) is 6.69. The lowest BCUT2D eigenvalue weighted by Gasteiger charge is -2.19. The second-order valence-electron chi connectivity index (χ2n) is 7.32. The molecule has 1 aliphatic rings. The third-order valence-electron chi connectivity index (χ3n) is 5.13. The Morgan fingerprint density at radius 1 is 1.07 bits per heavy atom. The zero-order chi connectivity index (χ0) is 19.9. The summed E-state index contributed by atoms with van der Waals surface area (Å²) in [6, 6.07) is 13.4. The molecular formula is C22H26N4O2S. The largest absolute Gasteiger partial charge is 0.351 e. The van der Waals surface area contributed by atoms with Crippen molar-refractivity contribution in [2.24, 2.45) is 0 Å². The fourth-order valence-electron chi connectivity index (χ4n) is 3.55. The van der Waals surface area contributed by atoms with Crippen molar-refractivity contribution in [2.45, 2.75) is 32.1 Å². The second kappa shape index (κ2) is 9.80. The molecule has 7 heteroatoms. The summed E-state index contributed by atoms with van der Waals surface area (Å²) in [7, 11) is 0. The number of carbonyl (C=O) groups excluding carboxylic acids is 1. The summed E-state index contributed by atoms with van der Waals surface area (Å²) in [5.41, 5.74) is 0.880. The van der Waals surface area contributed by atoms with Crippen molar-refractivity contribution >= 4 is 17.2 Å². The van der Waals surface area contributed by atoms with Gasteiger partial charge in [0.25, 0.3) is 11.8 Å². The van der Waals surface area contributed by atoms with E-state index in [0.717, 1.165) is 23.4 Å². The SMILES string of the molecule is O=C(NCCCN1CCCCCC1)c1ccc(-c2noc(-c3ccccc3)n2)s1. The Morgan fingerprint density at radius 2 is 1.86 bits per heavy atom. The van der Waals surface area contributed by atoms with Gasteiger partial charge in [-0.2, -0.15) is 4.98 Å². The van der Waals surface area contributed by atoms with Gasteiger partial charge >= 0.3 is 0 Å². The molecule has 1 aliphatic heterocycles. The Bertz CT molecular complexity index is 914. The fourth-order valence-corrected chi connectivity index (χ4v) is 4.40. The number of aromatic nitrogens is 2. The van der Waals surface area contributed by atoms with E-state index in [1.165, 1.54) is 50.1 Å². The van der Waals surface area contributed by atoms with Crippen LogP contribution >= 0.6 is 11.3 Å². The first kappa shape index (κ1) is 19.8. The van der Waals surface area contributed by atoms with E-state index in [0.29, 0.717) is 23.1 Å². The third kappa shape index (κ3) is 5.31. The molecule has 1 N–H and O–H groups in total. The molecule has 0 spiro atoms. The van der Waals surface area contributed by atoms with E-state index < -0.39 is 0 Å². The molecule has 0 unspecified atom stereocenters. The minimum absolute atomic E-state index is 0.0381. The molecule has 0 radical (unpaired) electrons. The van der Waals surface area contributed by atoms with Gasteiger partial charge in [0.15, 0.2) is 0 Å². The smallest absolute Gasteiger partial charge is 0.261 e. The number of nitrogens with zero attached hydrogens (tertiary/aromatic N) is 3. The van der Waals surface area contributed by atoms with Crippen molar-refractivity contribution in [2.75, 3.05) is 26.2 Å². The maximum Gasteiger partial charge on any atom is 0.261 e. The highest BCUT2D eigenvalue weighted by Crippen LogP contribution is 2.28. The highest BCUT2D eigenvalue weighted by atomic mass is 32.1. The summed E-state index contributed by atoms with van der Waals surface area (Å²) in [6.45, 7) is 4.14. The monoisotopic (exact) mass is 410 g/mol. The fraction of sp³-hybridized carbons (Fsp3) is 0.409. The third-order valence-corrected chi connectivity index (χ3v) is 6.21. The van der Waals surface area contributed by atoms with E-state index in [1.54, 1.807) is 0 Å². The van der Waals surface area contributed by atoms with Crippen molar-refractivity contribution in [3.05, 3.63) is 47.3 Å². The minimum Gasteiger partial charge on any atom is -0.351 e. The highest BCUT2D eigenvalue weighted by molar-refractivity contribution is 7.17. The van der Waals surface area contributed by atoms with Gasteiger partial charge in [0, 0.05) is 12.1 Å². The number of hydrogen-bond donors (Lipinski definition) is 1. The quantitative estimate of drug-likeness (QED) is 0.582. The summed E-state index contributed by atoms with van der Waals surface area (Å²) in [6.07, 6.45) is 6.27. The van der Waals surface area contributed by atoms with Crippen molar-refractivity contribution in [1.82, 2.24) is 20.4 Å². The zero-order valence-corrected chi connectivity index (χ0v) is 17.3. The number of carbonyl (C=O) groups is 1. The maximum atomic E-state index is 12.4. The molecule has 1 fully saturated rings. The lowest BCUT2D eigenvalue weighted by molar-refractivity contribution is 0.0955. The Labute approximate surface area is 174 Å².